The van der Waals surface area contributed by atoms with Crippen molar-refractivity contribution < 1.29 is 9.59 Å². The third-order valence-electron chi connectivity index (χ3n) is 6.16. The van der Waals surface area contributed by atoms with E-state index in [4.69, 9.17) is 0 Å². The summed E-state index contributed by atoms with van der Waals surface area (Å²) in [4.78, 5) is 28.7. The molecule has 1 aromatic carbocycles. The van der Waals surface area contributed by atoms with E-state index < -0.39 is 5.41 Å². The summed E-state index contributed by atoms with van der Waals surface area (Å²) >= 11 is 0. The van der Waals surface area contributed by atoms with Crippen LogP contribution in [0.1, 0.15) is 56.9 Å². The summed E-state index contributed by atoms with van der Waals surface area (Å²) in [5.41, 5.74) is 1.49. The minimum absolute atomic E-state index is 0.0565. The number of amides is 2. The lowest BCUT2D eigenvalue weighted by atomic mass is 10.0. The molecule has 0 saturated heterocycles. The first kappa shape index (κ1) is 18.1. The zero-order valence-electron chi connectivity index (χ0n) is 15.9. The van der Waals surface area contributed by atoms with Gasteiger partial charge in [0.2, 0.25) is 11.8 Å². The molecule has 2 aliphatic carbocycles. The lowest BCUT2D eigenvalue weighted by molar-refractivity contribution is -0.137. The largest absolute Gasteiger partial charge is 0.361 e. The molecule has 1 aromatic heterocycles. The summed E-state index contributed by atoms with van der Waals surface area (Å²) < 4.78 is 0. The average Bonchev–Trinajstić information content (AvgIpc) is 3.45. The van der Waals surface area contributed by atoms with Crippen molar-refractivity contribution in [3.8, 4) is 0 Å². The second-order valence-electron chi connectivity index (χ2n) is 8.11. The summed E-state index contributed by atoms with van der Waals surface area (Å²) in [7, 11) is 0. The monoisotopic (exact) mass is 367 g/mol. The van der Waals surface area contributed by atoms with E-state index in [1.165, 1.54) is 36.6 Å². The molecule has 144 valence electrons. The van der Waals surface area contributed by atoms with E-state index in [0.717, 1.165) is 24.8 Å². The molecule has 5 heteroatoms. The highest BCUT2D eigenvalue weighted by Gasteiger charge is 2.56. The Morgan fingerprint density at radius 3 is 2.52 bits per heavy atom. The smallest absolute Gasteiger partial charge is 0.235 e. The molecule has 2 fully saturated rings. The maximum atomic E-state index is 12.7. The van der Waals surface area contributed by atoms with Crippen LogP contribution in [-0.4, -0.2) is 29.4 Å². The van der Waals surface area contributed by atoms with Crippen LogP contribution < -0.4 is 10.6 Å². The number of nitrogens with one attached hydrogen (secondary N) is 3. The van der Waals surface area contributed by atoms with Crippen LogP contribution in [0.25, 0.3) is 10.9 Å². The number of para-hydroxylation sites is 1. The second-order valence-corrected chi connectivity index (χ2v) is 8.11. The predicted molar refractivity (Wildman–Crippen MR) is 106 cm³/mol. The molecule has 0 unspecified atom stereocenters. The molecule has 5 nitrogen and oxygen atoms in total. The number of aromatic nitrogens is 1. The van der Waals surface area contributed by atoms with E-state index >= 15 is 0 Å². The number of carbonyl (C=O) groups is 2. The molecule has 4 rings (SSSR count). The van der Waals surface area contributed by atoms with Gasteiger partial charge in [0.1, 0.15) is 5.41 Å². The van der Waals surface area contributed by atoms with Crippen LogP contribution >= 0.6 is 0 Å². The first-order valence-electron chi connectivity index (χ1n) is 10.3. The normalized spacial score (nSPS) is 19.4. The number of H-pyrrole nitrogens is 1. The van der Waals surface area contributed by atoms with E-state index in [9.17, 15) is 9.59 Å². The minimum atomic E-state index is -0.813. The van der Waals surface area contributed by atoms with Gasteiger partial charge in [-0.15, -0.1) is 0 Å². The molecule has 2 amide bonds. The van der Waals surface area contributed by atoms with Crippen molar-refractivity contribution in [3.63, 3.8) is 0 Å². The van der Waals surface area contributed by atoms with Gasteiger partial charge in [-0.05, 0) is 43.7 Å². The van der Waals surface area contributed by atoms with Gasteiger partial charge >= 0.3 is 0 Å². The van der Waals surface area contributed by atoms with Gasteiger partial charge in [-0.25, -0.2) is 0 Å². The molecule has 2 saturated carbocycles. The Hall–Kier alpha value is -2.30. The van der Waals surface area contributed by atoms with Crippen molar-refractivity contribution in [2.24, 2.45) is 5.41 Å². The molecular formula is C22H29N3O2. The van der Waals surface area contributed by atoms with Crippen LogP contribution in [0, 0.1) is 5.41 Å². The highest BCUT2D eigenvalue weighted by molar-refractivity contribution is 6.08. The van der Waals surface area contributed by atoms with Gasteiger partial charge in [-0.1, -0.05) is 43.9 Å². The number of aromatic amines is 1. The Kier molecular flexibility index (Phi) is 5.19. The molecular weight excluding hydrogens is 338 g/mol. The summed E-state index contributed by atoms with van der Waals surface area (Å²) in [6.45, 7) is 0.555. The lowest BCUT2D eigenvalue weighted by Crippen LogP contribution is -2.46. The number of fused-ring (bicyclic) bond motifs is 1. The standard InChI is InChI=1S/C22H29N3O2/c26-20(23-14-11-16-15-24-19-10-6-5-9-18(16)19)22(12-13-22)21(27)25-17-7-3-1-2-4-8-17/h5-6,9-10,15,17,24H,1-4,7-8,11-14H2,(H,23,26)(H,25,27). The molecule has 3 N–H and O–H groups in total. The molecule has 0 bridgehead atoms. The zero-order chi connectivity index (χ0) is 18.7. The molecule has 2 aliphatic rings. The highest BCUT2D eigenvalue weighted by Crippen LogP contribution is 2.46. The second kappa shape index (κ2) is 7.75. The summed E-state index contributed by atoms with van der Waals surface area (Å²) in [6, 6.07) is 8.42. The Morgan fingerprint density at radius 2 is 1.78 bits per heavy atom. The third kappa shape index (κ3) is 3.87. The van der Waals surface area contributed by atoms with Gasteiger partial charge in [0.15, 0.2) is 0 Å². The predicted octanol–water partition coefficient (Wildman–Crippen LogP) is 3.45. The van der Waals surface area contributed by atoms with Crippen molar-refractivity contribution in [2.45, 2.75) is 63.8 Å². The summed E-state index contributed by atoms with van der Waals surface area (Å²) in [6.07, 6.45) is 11.1. The molecule has 0 aliphatic heterocycles. The van der Waals surface area contributed by atoms with Crippen LogP contribution in [0.3, 0.4) is 0 Å². The van der Waals surface area contributed by atoms with E-state index in [1.807, 2.05) is 18.3 Å². The maximum absolute atomic E-state index is 12.7. The minimum Gasteiger partial charge on any atom is -0.361 e. The fourth-order valence-corrected chi connectivity index (χ4v) is 4.25. The quantitative estimate of drug-likeness (QED) is 0.540. The SMILES string of the molecule is O=C(NCCc1c[nH]c2ccccc12)C1(C(=O)NC2CCCCCC2)CC1. The van der Waals surface area contributed by atoms with Gasteiger partial charge in [-0.3, -0.25) is 9.59 Å². The molecule has 0 radical (unpaired) electrons. The van der Waals surface area contributed by atoms with Crippen molar-refractivity contribution >= 4 is 22.7 Å². The van der Waals surface area contributed by atoms with Gasteiger partial charge < -0.3 is 15.6 Å². The summed E-state index contributed by atoms with van der Waals surface area (Å²) in [5.74, 6) is -0.160. The molecule has 0 atom stereocenters. The number of hydrogen-bond donors (Lipinski definition) is 3. The van der Waals surface area contributed by atoms with E-state index in [2.05, 4.69) is 27.8 Å². The maximum Gasteiger partial charge on any atom is 0.235 e. The Bertz CT molecular complexity index is 814. The van der Waals surface area contributed by atoms with Gasteiger partial charge in [0.05, 0.1) is 0 Å². The van der Waals surface area contributed by atoms with Crippen LogP contribution in [0.5, 0.6) is 0 Å². The summed E-state index contributed by atoms with van der Waals surface area (Å²) in [5, 5.41) is 7.36. The van der Waals surface area contributed by atoms with Crippen molar-refractivity contribution in [3.05, 3.63) is 36.0 Å². The zero-order valence-corrected chi connectivity index (χ0v) is 15.9. The van der Waals surface area contributed by atoms with Gasteiger partial charge in [0.25, 0.3) is 0 Å². The third-order valence-corrected chi connectivity index (χ3v) is 6.16. The van der Waals surface area contributed by atoms with Crippen molar-refractivity contribution in [2.75, 3.05) is 6.54 Å². The van der Waals surface area contributed by atoms with Crippen LogP contribution in [0.15, 0.2) is 30.5 Å². The van der Waals surface area contributed by atoms with E-state index in [1.54, 1.807) is 0 Å². The first-order chi connectivity index (χ1) is 13.2. The van der Waals surface area contributed by atoms with Gasteiger partial charge in [-0.2, -0.15) is 0 Å². The molecule has 27 heavy (non-hydrogen) atoms. The number of benzene rings is 1. The van der Waals surface area contributed by atoms with E-state index in [-0.39, 0.29) is 17.9 Å². The molecule has 0 spiro atoms. The molecule has 2 aromatic rings. The van der Waals surface area contributed by atoms with E-state index in [0.29, 0.717) is 19.4 Å². The molecule has 1 heterocycles. The fraction of sp³-hybridized carbons (Fsp3) is 0.545. The number of carbonyl (C=O) groups excluding carboxylic acids is 2. The fourth-order valence-electron chi connectivity index (χ4n) is 4.25. The lowest BCUT2D eigenvalue weighted by Gasteiger charge is -2.21. The van der Waals surface area contributed by atoms with Crippen LogP contribution in [0.4, 0.5) is 0 Å². The number of rotatable bonds is 6. The first-order valence-corrected chi connectivity index (χ1v) is 10.3. The number of hydrogen-bond acceptors (Lipinski definition) is 2. The van der Waals surface area contributed by atoms with Crippen molar-refractivity contribution in [1.29, 1.82) is 0 Å². The Morgan fingerprint density at radius 1 is 1.04 bits per heavy atom. The Balaban J connectivity index is 1.30. The van der Waals surface area contributed by atoms with Gasteiger partial charge in [0, 0.05) is 29.7 Å². The van der Waals surface area contributed by atoms with Crippen molar-refractivity contribution in [1.82, 2.24) is 15.6 Å². The van der Waals surface area contributed by atoms with Crippen LogP contribution in [0.2, 0.25) is 0 Å². The van der Waals surface area contributed by atoms with Crippen LogP contribution in [-0.2, 0) is 16.0 Å². The average molecular weight is 367 g/mol. The topological polar surface area (TPSA) is 74.0 Å². The Labute approximate surface area is 160 Å². The highest BCUT2D eigenvalue weighted by atomic mass is 16.2.